The van der Waals surface area contributed by atoms with Gasteiger partial charge in [0.25, 0.3) is 5.56 Å². The van der Waals surface area contributed by atoms with Gasteiger partial charge in [-0.1, -0.05) is 0 Å². The Labute approximate surface area is 142 Å². The lowest BCUT2D eigenvalue weighted by molar-refractivity contribution is -0.112. The van der Waals surface area contributed by atoms with Crippen LogP contribution in [0.3, 0.4) is 0 Å². The van der Waals surface area contributed by atoms with E-state index in [0.29, 0.717) is 29.7 Å². The summed E-state index contributed by atoms with van der Waals surface area (Å²) in [4.78, 5) is 38.3. The zero-order chi connectivity index (χ0) is 18.0. The van der Waals surface area contributed by atoms with E-state index in [0.717, 1.165) is 6.42 Å². The van der Waals surface area contributed by atoms with Gasteiger partial charge in [-0.25, -0.2) is 15.0 Å². The first-order valence-corrected chi connectivity index (χ1v) is 7.56. The molecule has 25 heavy (non-hydrogen) atoms. The lowest BCUT2D eigenvalue weighted by Crippen LogP contribution is -2.14. The topological polar surface area (TPSA) is 161 Å². The quantitative estimate of drug-likeness (QED) is 0.579. The molecule has 0 saturated heterocycles. The van der Waals surface area contributed by atoms with E-state index in [1.54, 1.807) is 12.2 Å². The van der Waals surface area contributed by atoms with Crippen molar-refractivity contribution < 1.29 is 9.90 Å². The fraction of sp³-hybridized carbons (Fsp3) is 0.188. The van der Waals surface area contributed by atoms with Gasteiger partial charge in [-0.2, -0.15) is 0 Å². The number of carbonyl (C=O) groups is 1. The highest BCUT2D eigenvalue weighted by Gasteiger charge is 2.21. The van der Waals surface area contributed by atoms with E-state index < -0.39 is 0 Å². The number of Topliss-reactive ketones (excluding diaryl/α,β-unsaturated/α-hetero) is 1. The van der Waals surface area contributed by atoms with E-state index >= 15 is 0 Å². The highest BCUT2D eigenvalue weighted by atomic mass is 16.3. The number of carbonyl (C=O) groups excluding carboxylic acids is 1. The minimum atomic E-state index is -0.383. The van der Waals surface area contributed by atoms with Gasteiger partial charge in [0.2, 0.25) is 5.95 Å². The smallest absolute Gasteiger partial charge is 0.252 e. The summed E-state index contributed by atoms with van der Waals surface area (Å²) in [7, 11) is 0. The molecule has 1 aliphatic carbocycles. The second-order valence-corrected chi connectivity index (χ2v) is 5.58. The van der Waals surface area contributed by atoms with Crippen LogP contribution < -0.4 is 17.0 Å². The zero-order valence-corrected chi connectivity index (χ0v) is 13.2. The number of aromatic amines is 1. The SMILES string of the molecule is Nc1nc(/C=C2/CCC/C(=C/c3ncc(O)c(N)n3)C2=O)cc(=O)[nH]1. The predicted octanol–water partition coefficient (Wildman–Crippen LogP) is 0.650. The third-order valence-electron chi connectivity index (χ3n) is 3.70. The Morgan fingerprint density at radius 1 is 1.12 bits per heavy atom. The van der Waals surface area contributed by atoms with Crippen molar-refractivity contribution in [2.45, 2.75) is 19.3 Å². The van der Waals surface area contributed by atoms with Crippen molar-refractivity contribution in [1.29, 1.82) is 0 Å². The summed E-state index contributed by atoms with van der Waals surface area (Å²) >= 11 is 0. The molecule has 128 valence electrons. The number of anilines is 2. The predicted molar refractivity (Wildman–Crippen MR) is 92.2 cm³/mol. The summed E-state index contributed by atoms with van der Waals surface area (Å²) in [5.74, 6) is -0.188. The van der Waals surface area contributed by atoms with Crippen LogP contribution in [0.2, 0.25) is 0 Å². The van der Waals surface area contributed by atoms with Gasteiger partial charge in [0.1, 0.15) is 0 Å². The number of nitrogens with one attached hydrogen (secondary N) is 1. The maximum atomic E-state index is 12.6. The minimum Gasteiger partial charge on any atom is -0.503 e. The van der Waals surface area contributed by atoms with Crippen molar-refractivity contribution in [2.24, 2.45) is 0 Å². The molecule has 0 radical (unpaired) electrons. The van der Waals surface area contributed by atoms with E-state index in [9.17, 15) is 14.7 Å². The van der Waals surface area contributed by atoms with E-state index in [2.05, 4.69) is 19.9 Å². The number of nitrogen functional groups attached to an aromatic ring is 2. The van der Waals surface area contributed by atoms with Gasteiger partial charge in [-0.15, -0.1) is 0 Å². The second-order valence-electron chi connectivity index (χ2n) is 5.58. The standard InChI is InChI=1S/C16H16N6O3/c17-15-11(23)7-19-12(21-15)5-9-3-1-2-8(14(9)25)4-10-6-13(24)22-16(18)20-10/h4-7,23H,1-3H2,(H2,17,19,21)(H3,18,20,22,24)/b8-4-,9-5-. The van der Waals surface area contributed by atoms with Crippen LogP contribution in [0.25, 0.3) is 12.2 Å². The molecule has 0 spiro atoms. The van der Waals surface area contributed by atoms with E-state index in [-0.39, 0.29) is 34.7 Å². The van der Waals surface area contributed by atoms with Crippen LogP contribution in [0.5, 0.6) is 5.75 Å². The Hall–Kier alpha value is -3.49. The third kappa shape index (κ3) is 3.71. The number of rotatable bonds is 2. The molecule has 1 aliphatic rings. The van der Waals surface area contributed by atoms with Crippen LogP contribution in [-0.2, 0) is 4.79 Å². The Bertz CT molecular complexity index is 961. The summed E-state index contributed by atoms with van der Waals surface area (Å²) in [6, 6.07) is 1.28. The Morgan fingerprint density at radius 2 is 1.84 bits per heavy atom. The molecular formula is C16H16N6O3. The molecule has 0 unspecified atom stereocenters. The summed E-state index contributed by atoms with van der Waals surface area (Å²) in [6.07, 6.45) is 6.20. The number of ketones is 1. The average molecular weight is 340 g/mol. The highest BCUT2D eigenvalue weighted by molar-refractivity contribution is 6.13. The van der Waals surface area contributed by atoms with Crippen LogP contribution in [0, 0.1) is 0 Å². The summed E-state index contributed by atoms with van der Waals surface area (Å²) in [6.45, 7) is 0. The van der Waals surface area contributed by atoms with Crippen LogP contribution in [0.15, 0.2) is 28.2 Å². The average Bonchev–Trinajstić information content (AvgIpc) is 2.54. The molecule has 1 fully saturated rings. The number of hydrogen-bond acceptors (Lipinski definition) is 8. The molecule has 0 aliphatic heterocycles. The molecule has 2 heterocycles. The molecule has 1 saturated carbocycles. The Kier molecular flexibility index (Phi) is 4.29. The molecule has 6 N–H and O–H groups in total. The molecule has 9 heteroatoms. The molecule has 2 aromatic heterocycles. The summed E-state index contributed by atoms with van der Waals surface area (Å²) in [5.41, 5.74) is 12.1. The van der Waals surface area contributed by atoms with Crippen molar-refractivity contribution in [1.82, 2.24) is 19.9 Å². The number of aromatic hydroxyl groups is 1. The first-order chi connectivity index (χ1) is 11.9. The number of aromatic nitrogens is 4. The monoisotopic (exact) mass is 340 g/mol. The van der Waals surface area contributed by atoms with E-state index in [4.69, 9.17) is 11.5 Å². The number of nitrogens with zero attached hydrogens (tertiary/aromatic N) is 3. The number of H-pyrrole nitrogens is 1. The number of allylic oxidation sites excluding steroid dienone is 2. The zero-order valence-electron chi connectivity index (χ0n) is 13.2. The largest absolute Gasteiger partial charge is 0.503 e. The first kappa shape index (κ1) is 16.4. The highest BCUT2D eigenvalue weighted by Crippen LogP contribution is 2.27. The van der Waals surface area contributed by atoms with Crippen molar-refractivity contribution in [2.75, 3.05) is 11.5 Å². The van der Waals surface area contributed by atoms with Crippen LogP contribution in [-0.4, -0.2) is 30.8 Å². The molecule has 9 nitrogen and oxygen atoms in total. The number of hydrogen-bond donors (Lipinski definition) is 4. The second kappa shape index (κ2) is 6.56. The third-order valence-corrected chi connectivity index (χ3v) is 3.70. The van der Waals surface area contributed by atoms with Crippen molar-refractivity contribution in [3.05, 3.63) is 45.3 Å². The van der Waals surface area contributed by atoms with Crippen LogP contribution >= 0.6 is 0 Å². The fourth-order valence-electron chi connectivity index (χ4n) is 2.55. The lowest BCUT2D eigenvalue weighted by Gasteiger charge is -2.16. The fourth-order valence-corrected chi connectivity index (χ4v) is 2.55. The minimum absolute atomic E-state index is 0.00802. The van der Waals surface area contributed by atoms with Gasteiger partial charge < -0.3 is 16.6 Å². The van der Waals surface area contributed by atoms with Crippen molar-refractivity contribution in [3.8, 4) is 5.75 Å². The maximum absolute atomic E-state index is 12.6. The summed E-state index contributed by atoms with van der Waals surface area (Å²) in [5, 5.41) is 9.36. The maximum Gasteiger partial charge on any atom is 0.252 e. The molecule has 0 aromatic carbocycles. The van der Waals surface area contributed by atoms with Gasteiger partial charge in [0.05, 0.1) is 11.9 Å². The van der Waals surface area contributed by atoms with Crippen LogP contribution in [0.4, 0.5) is 11.8 Å². The molecule has 0 atom stereocenters. The van der Waals surface area contributed by atoms with Gasteiger partial charge >= 0.3 is 0 Å². The first-order valence-electron chi connectivity index (χ1n) is 7.56. The van der Waals surface area contributed by atoms with E-state index in [1.165, 1.54) is 12.3 Å². The molecule has 3 rings (SSSR count). The molecular weight excluding hydrogens is 324 g/mol. The van der Waals surface area contributed by atoms with Crippen molar-refractivity contribution >= 4 is 29.7 Å². The number of nitrogens with two attached hydrogens (primary N) is 2. The van der Waals surface area contributed by atoms with Gasteiger partial charge in [0.15, 0.2) is 23.2 Å². The molecule has 2 aromatic rings. The normalized spacial score (nSPS) is 18.0. The van der Waals surface area contributed by atoms with Crippen molar-refractivity contribution in [3.63, 3.8) is 0 Å². The van der Waals surface area contributed by atoms with Gasteiger partial charge in [-0.3, -0.25) is 14.6 Å². The van der Waals surface area contributed by atoms with Gasteiger partial charge in [0, 0.05) is 17.2 Å². The Morgan fingerprint density at radius 3 is 2.52 bits per heavy atom. The van der Waals surface area contributed by atoms with E-state index in [1.807, 2.05) is 0 Å². The van der Waals surface area contributed by atoms with Crippen LogP contribution in [0.1, 0.15) is 30.8 Å². The summed E-state index contributed by atoms with van der Waals surface area (Å²) < 4.78 is 0. The molecule has 0 bridgehead atoms. The Balaban J connectivity index is 1.92. The van der Waals surface area contributed by atoms with Gasteiger partial charge in [-0.05, 0) is 31.4 Å². The lowest BCUT2D eigenvalue weighted by atomic mass is 9.88. The molecule has 0 amide bonds.